The van der Waals surface area contributed by atoms with Gasteiger partial charge in [0.2, 0.25) is 0 Å². The molecule has 59 heavy (non-hydrogen) atoms. The molecule has 12 aromatic rings. The van der Waals surface area contributed by atoms with Crippen molar-refractivity contribution in [1.82, 2.24) is 33.9 Å². The summed E-state index contributed by atoms with van der Waals surface area (Å²) in [6.07, 6.45) is 2.03. The van der Waals surface area contributed by atoms with Crippen LogP contribution < -0.4 is 0 Å². The minimum Gasteiger partial charge on any atom is -0.309 e. The Balaban J connectivity index is 1.08. The summed E-state index contributed by atoms with van der Waals surface area (Å²) in [6.45, 7) is 0. The molecule has 0 atom stereocenters. The minimum absolute atomic E-state index is 0.608. The topological polar surface area (TPSA) is 66.3 Å². The van der Waals surface area contributed by atoms with Gasteiger partial charge in [-0.1, -0.05) is 140 Å². The highest BCUT2D eigenvalue weighted by Gasteiger charge is 2.22. The molecule has 0 spiro atoms. The van der Waals surface area contributed by atoms with Gasteiger partial charge < -0.3 is 9.13 Å². The van der Waals surface area contributed by atoms with Gasteiger partial charge in [0, 0.05) is 55.0 Å². The van der Waals surface area contributed by atoms with E-state index in [1.54, 1.807) is 0 Å². The van der Waals surface area contributed by atoms with E-state index >= 15 is 0 Å². The molecule has 276 valence electrons. The number of hydrogen-bond acceptors (Lipinski definition) is 4. The number of benzene rings is 8. The summed E-state index contributed by atoms with van der Waals surface area (Å²) in [5.41, 5.74) is 11.4. The fourth-order valence-corrected chi connectivity index (χ4v) is 8.76. The molecule has 4 aromatic heterocycles. The van der Waals surface area contributed by atoms with Gasteiger partial charge in [-0.05, 0) is 54.6 Å². The van der Waals surface area contributed by atoms with E-state index in [4.69, 9.17) is 20.1 Å². The molecule has 0 N–H and O–H groups in total. The Bertz CT molecular complexity index is 3490. The maximum Gasteiger partial charge on any atom is 0.164 e. The highest BCUT2D eigenvalue weighted by atomic mass is 15.3. The third-order valence-corrected chi connectivity index (χ3v) is 11.4. The Kier molecular flexibility index (Phi) is 7.40. The van der Waals surface area contributed by atoms with E-state index in [-0.39, 0.29) is 0 Å². The van der Waals surface area contributed by atoms with Gasteiger partial charge in [0.05, 0.1) is 39.5 Å². The van der Waals surface area contributed by atoms with Crippen molar-refractivity contribution in [1.29, 1.82) is 0 Å². The first-order valence-corrected chi connectivity index (χ1v) is 19.7. The normalized spacial score (nSPS) is 11.7. The van der Waals surface area contributed by atoms with Gasteiger partial charge in [0.15, 0.2) is 17.5 Å². The predicted octanol–water partition coefficient (Wildman–Crippen LogP) is 12.4. The summed E-state index contributed by atoms with van der Waals surface area (Å²) in [6, 6.07) is 67.5. The van der Waals surface area contributed by atoms with Crippen molar-refractivity contribution in [2.75, 3.05) is 0 Å². The van der Waals surface area contributed by atoms with E-state index in [1.165, 1.54) is 16.3 Å². The van der Waals surface area contributed by atoms with E-state index in [1.807, 2.05) is 66.9 Å². The van der Waals surface area contributed by atoms with Gasteiger partial charge in [0.1, 0.15) is 0 Å². The van der Waals surface area contributed by atoms with Crippen LogP contribution in [0.3, 0.4) is 0 Å². The number of para-hydroxylation sites is 4. The summed E-state index contributed by atoms with van der Waals surface area (Å²) < 4.78 is 6.83. The quantitative estimate of drug-likeness (QED) is 0.169. The van der Waals surface area contributed by atoms with Crippen molar-refractivity contribution in [3.05, 3.63) is 200 Å². The third kappa shape index (κ3) is 5.22. The Hall–Kier alpha value is -8.16. The van der Waals surface area contributed by atoms with Crippen molar-refractivity contribution in [2.24, 2.45) is 0 Å². The van der Waals surface area contributed by atoms with Crippen molar-refractivity contribution in [3.8, 4) is 51.2 Å². The van der Waals surface area contributed by atoms with Crippen LogP contribution in [-0.4, -0.2) is 33.9 Å². The molecule has 7 nitrogen and oxygen atoms in total. The fourth-order valence-electron chi connectivity index (χ4n) is 8.76. The molecule has 4 heterocycles. The van der Waals surface area contributed by atoms with Gasteiger partial charge in [0.25, 0.3) is 0 Å². The van der Waals surface area contributed by atoms with Crippen LogP contribution in [0.4, 0.5) is 0 Å². The van der Waals surface area contributed by atoms with E-state index in [0.29, 0.717) is 17.5 Å². The van der Waals surface area contributed by atoms with Crippen LogP contribution in [0.25, 0.3) is 106 Å². The zero-order valence-electron chi connectivity index (χ0n) is 31.7. The Morgan fingerprint density at radius 3 is 1.47 bits per heavy atom. The Morgan fingerprint density at radius 2 is 0.814 bits per heavy atom. The average molecular weight is 756 g/mol. The second kappa shape index (κ2) is 13.2. The summed E-state index contributed by atoms with van der Waals surface area (Å²) in [5.74, 6) is 1.87. The number of rotatable bonds is 6. The third-order valence-electron chi connectivity index (χ3n) is 11.4. The second-order valence-corrected chi connectivity index (χ2v) is 14.8. The highest BCUT2D eigenvalue weighted by Crippen LogP contribution is 2.40. The van der Waals surface area contributed by atoms with Crippen molar-refractivity contribution in [3.63, 3.8) is 0 Å². The maximum atomic E-state index is 5.18. The molecule has 0 saturated carbocycles. The van der Waals surface area contributed by atoms with Gasteiger partial charge >= 0.3 is 0 Å². The number of aromatic nitrogens is 7. The smallest absolute Gasteiger partial charge is 0.164 e. The molecule has 0 aliphatic heterocycles. The molecule has 0 bridgehead atoms. The maximum absolute atomic E-state index is 5.18. The lowest BCUT2D eigenvalue weighted by molar-refractivity contribution is 0.912. The number of hydrogen-bond donors (Lipinski definition) is 0. The van der Waals surface area contributed by atoms with Crippen LogP contribution in [0.15, 0.2) is 200 Å². The molecule has 0 radical (unpaired) electrons. The summed E-state index contributed by atoms with van der Waals surface area (Å²) in [4.78, 5) is 15.1. The van der Waals surface area contributed by atoms with Crippen molar-refractivity contribution >= 4 is 54.5 Å². The van der Waals surface area contributed by atoms with Crippen LogP contribution in [0.1, 0.15) is 0 Å². The zero-order valence-corrected chi connectivity index (χ0v) is 31.7. The van der Waals surface area contributed by atoms with Crippen LogP contribution in [-0.2, 0) is 0 Å². The lowest BCUT2D eigenvalue weighted by Crippen LogP contribution is -2.03. The van der Waals surface area contributed by atoms with Gasteiger partial charge in [-0.3, -0.25) is 0 Å². The lowest BCUT2D eigenvalue weighted by atomic mass is 10.1. The molecule has 0 unspecified atom stereocenters. The largest absolute Gasteiger partial charge is 0.309 e. The highest BCUT2D eigenvalue weighted by molar-refractivity contribution is 6.19. The van der Waals surface area contributed by atoms with Crippen LogP contribution >= 0.6 is 0 Å². The molecule has 12 rings (SSSR count). The summed E-state index contributed by atoms with van der Waals surface area (Å²) in [7, 11) is 0. The van der Waals surface area contributed by atoms with Gasteiger partial charge in [-0.25, -0.2) is 19.6 Å². The van der Waals surface area contributed by atoms with Crippen molar-refractivity contribution in [2.45, 2.75) is 0 Å². The first-order chi connectivity index (χ1) is 29.3. The summed E-state index contributed by atoms with van der Waals surface area (Å²) >= 11 is 0. The fraction of sp³-hybridized carbons (Fsp3) is 0. The predicted molar refractivity (Wildman–Crippen MR) is 239 cm³/mol. The first-order valence-electron chi connectivity index (χ1n) is 19.7. The molecule has 7 heteroatoms. The molecular weight excluding hydrogens is 723 g/mol. The first kappa shape index (κ1) is 33.0. The minimum atomic E-state index is 0.608. The Labute approximate surface area is 338 Å². The Morgan fingerprint density at radius 1 is 0.322 bits per heavy atom. The van der Waals surface area contributed by atoms with E-state index < -0.39 is 0 Å². The molecule has 0 saturated heterocycles. The van der Waals surface area contributed by atoms with E-state index in [2.05, 4.69) is 147 Å². The lowest BCUT2D eigenvalue weighted by Gasteiger charge is -2.14. The van der Waals surface area contributed by atoms with E-state index in [0.717, 1.165) is 72.0 Å². The van der Waals surface area contributed by atoms with Crippen molar-refractivity contribution < 1.29 is 0 Å². The van der Waals surface area contributed by atoms with Crippen LogP contribution in [0.5, 0.6) is 0 Å². The second-order valence-electron chi connectivity index (χ2n) is 14.8. The van der Waals surface area contributed by atoms with Gasteiger partial charge in [-0.2, -0.15) is 5.10 Å². The molecule has 0 aliphatic carbocycles. The summed E-state index contributed by atoms with van der Waals surface area (Å²) in [5, 5.41) is 11.0. The molecular formula is C52H33N7. The molecule has 0 amide bonds. The number of nitrogens with zero attached hydrogens (tertiary/aromatic N) is 7. The SMILES string of the molecule is c1ccc(-c2nc(-c3ccccc3)nc(-c3cccc(-n4c5ccccc5c5cccc(-n6ncc7c6ccc6c8ccccc8n(-c8ccccc8)c67)c54)c3)n2)cc1. The average Bonchev–Trinajstić information content (AvgIpc) is 4.00. The number of fused-ring (bicyclic) bond motifs is 8. The van der Waals surface area contributed by atoms with Crippen LogP contribution in [0, 0.1) is 0 Å². The van der Waals surface area contributed by atoms with Crippen LogP contribution in [0.2, 0.25) is 0 Å². The molecule has 0 fully saturated rings. The standard InChI is InChI=1S/C52H33N7/c1-4-16-34(17-5-1)50-54-51(35-18-6-2-7-19-35)56-52(55-50)36-20-14-23-38(32-36)58-45-28-13-10-24-39(45)41-26-15-29-47(49(41)58)59-46-31-30-42-40-25-11-12-27-44(40)57(37-21-8-3-9-22-37)48(42)43(46)33-53-59/h1-33H. The monoisotopic (exact) mass is 755 g/mol. The molecule has 0 aliphatic rings. The molecule has 8 aromatic carbocycles. The van der Waals surface area contributed by atoms with E-state index in [9.17, 15) is 0 Å². The zero-order chi connectivity index (χ0) is 38.9. The van der Waals surface area contributed by atoms with Gasteiger partial charge in [-0.15, -0.1) is 0 Å².